The first kappa shape index (κ1) is 20.3. The van der Waals surface area contributed by atoms with Crippen LogP contribution in [-0.2, 0) is 13.2 Å². The van der Waals surface area contributed by atoms with E-state index in [4.69, 9.17) is 9.72 Å². The van der Waals surface area contributed by atoms with Crippen molar-refractivity contribution in [2.75, 3.05) is 31.1 Å². The van der Waals surface area contributed by atoms with Gasteiger partial charge < -0.3 is 9.64 Å². The fourth-order valence-electron chi connectivity index (χ4n) is 3.61. The van der Waals surface area contributed by atoms with Gasteiger partial charge in [-0.2, -0.15) is 5.26 Å². The normalized spacial score (nSPS) is 14.9. The van der Waals surface area contributed by atoms with E-state index in [1.807, 2.05) is 24.3 Å². The smallest absolute Gasteiger partial charge is 0.140 e. The summed E-state index contributed by atoms with van der Waals surface area (Å²) in [6, 6.07) is 16.1. The summed E-state index contributed by atoms with van der Waals surface area (Å²) in [6.07, 6.45) is 1.05. The topological polar surface area (TPSA) is 52.4 Å². The fourth-order valence-corrected chi connectivity index (χ4v) is 4.30. The molecule has 1 saturated heterocycles. The summed E-state index contributed by atoms with van der Waals surface area (Å²) >= 11 is 1.58. The molecule has 5 nitrogen and oxygen atoms in total. The van der Waals surface area contributed by atoms with Gasteiger partial charge in [-0.3, -0.25) is 4.90 Å². The quantitative estimate of drug-likeness (QED) is 0.588. The zero-order chi connectivity index (χ0) is 20.8. The van der Waals surface area contributed by atoms with Crippen LogP contribution in [0.25, 0.3) is 0 Å². The van der Waals surface area contributed by atoms with Crippen molar-refractivity contribution >= 4 is 17.0 Å². The molecule has 2 heterocycles. The summed E-state index contributed by atoms with van der Waals surface area (Å²) in [6.45, 7) is 4.96. The molecule has 154 valence electrons. The number of benzene rings is 2. The highest BCUT2D eigenvalue weighted by Gasteiger charge is 2.18. The van der Waals surface area contributed by atoms with E-state index < -0.39 is 0 Å². The minimum absolute atomic E-state index is 0.272. The molecule has 3 aromatic rings. The second-order valence-electron chi connectivity index (χ2n) is 7.22. The van der Waals surface area contributed by atoms with Crippen molar-refractivity contribution in [1.82, 2.24) is 9.88 Å². The summed E-state index contributed by atoms with van der Waals surface area (Å²) in [5.41, 5.74) is 2.80. The molecule has 0 aliphatic carbocycles. The van der Waals surface area contributed by atoms with Gasteiger partial charge in [0.2, 0.25) is 0 Å². The Kier molecular flexibility index (Phi) is 6.57. The van der Waals surface area contributed by atoms with Gasteiger partial charge >= 0.3 is 0 Å². The number of anilines is 1. The highest BCUT2D eigenvalue weighted by Crippen LogP contribution is 2.22. The fraction of sp³-hybridized carbons (Fsp3) is 0.304. The van der Waals surface area contributed by atoms with Crippen LogP contribution in [0.4, 0.5) is 10.1 Å². The monoisotopic (exact) mass is 422 g/mol. The van der Waals surface area contributed by atoms with Crippen LogP contribution in [0.1, 0.15) is 22.7 Å². The lowest BCUT2D eigenvalue weighted by atomic mass is 10.1. The summed E-state index contributed by atoms with van der Waals surface area (Å²) < 4.78 is 18.7. The molecule has 0 unspecified atom stereocenters. The highest BCUT2D eigenvalue weighted by molar-refractivity contribution is 7.09. The first-order valence-corrected chi connectivity index (χ1v) is 10.9. The van der Waals surface area contributed by atoms with Gasteiger partial charge in [-0.15, -0.1) is 11.3 Å². The Labute approximate surface area is 180 Å². The molecular weight excluding hydrogens is 399 g/mol. The number of aromatic nitrogens is 1. The Balaban J connectivity index is 1.31. The predicted octanol–water partition coefficient (Wildman–Crippen LogP) is 4.45. The molecule has 2 aromatic carbocycles. The van der Waals surface area contributed by atoms with Crippen LogP contribution in [0.15, 0.2) is 53.9 Å². The molecule has 0 atom stereocenters. The predicted molar refractivity (Wildman–Crippen MR) is 116 cm³/mol. The first-order valence-electron chi connectivity index (χ1n) is 9.99. The number of nitrogens with zero attached hydrogens (tertiary/aromatic N) is 4. The van der Waals surface area contributed by atoms with Crippen molar-refractivity contribution in [2.24, 2.45) is 0 Å². The minimum Gasteiger partial charge on any atom is -0.486 e. The zero-order valence-corrected chi connectivity index (χ0v) is 17.4. The van der Waals surface area contributed by atoms with Crippen LogP contribution in [0.3, 0.4) is 0 Å². The van der Waals surface area contributed by atoms with Crippen molar-refractivity contribution in [1.29, 1.82) is 5.26 Å². The van der Waals surface area contributed by atoms with E-state index in [0.29, 0.717) is 12.4 Å². The van der Waals surface area contributed by atoms with Gasteiger partial charge in [-0.05, 0) is 42.8 Å². The third-order valence-electron chi connectivity index (χ3n) is 5.11. The van der Waals surface area contributed by atoms with Crippen LogP contribution < -0.4 is 9.64 Å². The molecule has 0 saturated carbocycles. The second-order valence-corrected chi connectivity index (χ2v) is 8.16. The van der Waals surface area contributed by atoms with Crippen molar-refractivity contribution in [3.8, 4) is 11.8 Å². The summed E-state index contributed by atoms with van der Waals surface area (Å²) in [5.74, 6) is 0.365. The van der Waals surface area contributed by atoms with Gasteiger partial charge in [-0.1, -0.05) is 12.1 Å². The van der Waals surface area contributed by atoms with Gasteiger partial charge in [0.25, 0.3) is 0 Å². The van der Waals surface area contributed by atoms with Crippen LogP contribution in [-0.4, -0.2) is 36.1 Å². The van der Waals surface area contributed by atoms with Gasteiger partial charge in [-0.25, -0.2) is 9.37 Å². The van der Waals surface area contributed by atoms with E-state index in [1.54, 1.807) is 23.5 Å². The molecular formula is C23H23FN4OS. The number of hydrogen-bond donors (Lipinski definition) is 0. The molecule has 7 heteroatoms. The molecule has 0 amide bonds. The third-order valence-corrected chi connectivity index (χ3v) is 5.99. The average molecular weight is 423 g/mol. The first-order chi connectivity index (χ1) is 14.7. The Morgan fingerprint density at radius 2 is 1.90 bits per heavy atom. The Morgan fingerprint density at radius 3 is 2.73 bits per heavy atom. The number of para-hydroxylation sites is 1. The maximum atomic E-state index is 13.0. The molecule has 30 heavy (non-hydrogen) atoms. The molecule has 4 rings (SSSR count). The van der Waals surface area contributed by atoms with Crippen LogP contribution in [0.2, 0.25) is 0 Å². The van der Waals surface area contributed by atoms with Gasteiger partial charge in [0, 0.05) is 38.1 Å². The maximum Gasteiger partial charge on any atom is 0.140 e. The standard InChI is InChI=1S/C23H23FN4OS/c24-19-6-8-21(9-7-19)29-16-23-26-20(17-30-23)15-27-10-3-11-28(13-12-27)22-5-2-1-4-18(22)14-25/h1-2,4-9,17H,3,10-13,15-16H2. The maximum absolute atomic E-state index is 13.0. The lowest BCUT2D eigenvalue weighted by Gasteiger charge is -2.24. The van der Waals surface area contributed by atoms with Crippen LogP contribution in [0, 0.1) is 17.1 Å². The number of halogens is 1. The summed E-state index contributed by atoms with van der Waals surface area (Å²) in [4.78, 5) is 9.41. The largest absolute Gasteiger partial charge is 0.486 e. The molecule has 0 N–H and O–H groups in total. The van der Waals surface area contributed by atoms with E-state index in [-0.39, 0.29) is 5.82 Å². The SMILES string of the molecule is N#Cc1ccccc1N1CCCN(Cc2csc(COc3ccc(F)cc3)n2)CC1. The lowest BCUT2D eigenvalue weighted by molar-refractivity contribution is 0.280. The number of rotatable bonds is 6. The highest BCUT2D eigenvalue weighted by atomic mass is 32.1. The van der Waals surface area contributed by atoms with Gasteiger partial charge in [0.05, 0.1) is 16.9 Å². The van der Waals surface area contributed by atoms with E-state index in [2.05, 4.69) is 21.2 Å². The van der Waals surface area contributed by atoms with E-state index in [1.165, 1.54) is 12.1 Å². The lowest BCUT2D eigenvalue weighted by Crippen LogP contribution is -2.31. The Hall–Kier alpha value is -2.95. The molecule has 1 aliphatic heterocycles. The van der Waals surface area contributed by atoms with Crippen LogP contribution >= 0.6 is 11.3 Å². The summed E-state index contributed by atoms with van der Waals surface area (Å²) in [5, 5.41) is 12.4. The molecule has 0 spiro atoms. The van der Waals surface area contributed by atoms with Gasteiger partial charge in [0.1, 0.15) is 29.3 Å². The van der Waals surface area contributed by atoms with Crippen molar-refractivity contribution < 1.29 is 9.13 Å². The van der Waals surface area contributed by atoms with Crippen molar-refractivity contribution in [3.05, 3.63) is 76.0 Å². The molecule has 0 radical (unpaired) electrons. The van der Waals surface area contributed by atoms with Crippen LogP contribution in [0.5, 0.6) is 5.75 Å². The Morgan fingerprint density at radius 1 is 1.07 bits per heavy atom. The minimum atomic E-state index is -0.272. The second kappa shape index (κ2) is 9.70. The molecule has 0 bridgehead atoms. The Bertz CT molecular complexity index is 1010. The molecule has 1 aliphatic rings. The third kappa shape index (κ3) is 5.15. The number of ether oxygens (including phenoxy) is 1. The molecule has 1 aromatic heterocycles. The summed E-state index contributed by atoms with van der Waals surface area (Å²) in [7, 11) is 0. The molecule has 1 fully saturated rings. The average Bonchev–Trinajstić information content (AvgIpc) is 3.09. The number of thiazole rings is 1. The van der Waals surface area contributed by atoms with E-state index >= 15 is 0 Å². The van der Waals surface area contributed by atoms with Gasteiger partial charge in [0.15, 0.2) is 0 Å². The van der Waals surface area contributed by atoms with Crippen molar-refractivity contribution in [3.63, 3.8) is 0 Å². The van der Waals surface area contributed by atoms with Crippen molar-refractivity contribution in [2.45, 2.75) is 19.6 Å². The number of nitriles is 1. The number of hydrogen-bond acceptors (Lipinski definition) is 6. The zero-order valence-electron chi connectivity index (χ0n) is 16.6. The van der Waals surface area contributed by atoms with E-state index in [9.17, 15) is 9.65 Å². The van der Waals surface area contributed by atoms with E-state index in [0.717, 1.165) is 61.1 Å².